The van der Waals surface area contributed by atoms with Crippen LogP contribution in [0, 0.1) is 13.8 Å². The van der Waals surface area contributed by atoms with Gasteiger partial charge in [-0.3, -0.25) is 4.79 Å². The zero-order valence-corrected chi connectivity index (χ0v) is 15.1. The summed E-state index contributed by atoms with van der Waals surface area (Å²) in [5.74, 6) is -1.35. The minimum Gasteiger partial charge on any atom is -0.451 e. The van der Waals surface area contributed by atoms with Gasteiger partial charge in [-0.05, 0) is 37.1 Å². The summed E-state index contributed by atoms with van der Waals surface area (Å²) in [5.41, 5.74) is 2.44. The average Bonchev–Trinajstić information content (AvgIpc) is 2.49. The Labute approximate surface area is 153 Å². The van der Waals surface area contributed by atoms with Gasteiger partial charge in [-0.2, -0.15) is 0 Å². The monoisotopic (exact) mass is 386 g/mol. The van der Waals surface area contributed by atoms with Crippen molar-refractivity contribution in [3.63, 3.8) is 0 Å². The highest BCUT2D eigenvalue weighted by Crippen LogP contribution is 2.31. The number of rotatable bonds is 4. The van der Waals surface area contributed by atoms with Crippen molar-refractivity contribution in [2.24, 2.45) is 0 Å². The predicted molar refractivity (Wildman–Crippen MR) is 94.1 cm³/mol. The SMILES string of the molecule is Cc1cc(C)cc(NC(=O)COC(=O)c2ncc(Cl)c(Cl)c2Cl)c1. The van der Waals surface area contributed by atoms with Gasteiger partial charge >= 0.3 is 5.97 Å². The maximum atomic E-state index is 11.9. The number of esters is 1. The standard InChI is InChI=1S/C16H13Cl3N2O3/c1-8-3-9(2)5-10(4-8)21-12(22)7-24-16(23)15-14(19)13(18)11(17)6-20-15/h3-6H,7H2,1-2H3,(H,21,22). The van der Waals surface area contributed by atoms with Crippen LogP contribution < -0.4 is 5.32 Å². The molecule has 0 atom stereocenters. The molecule has 2 rings (SSSR count). The van der Waals surface area contributed by atoms with Crippen LogP contribution in [0.15, 0.2) is 24.4 Å². The summed E-state index contributed by atoms with van der Waals surface area (Å²) in [6.45, 7) is 3.35. The van der Waals surface area contributed by atoms with E-state index in [0.717, 1.165) is 11.1 Å². The molecule has 0 spiro atoms. The average molecular weight is 388 g/mol. The second-order valence-corrected chi connectivity index (χ2v) is 6.25. The Bertz CT molecular complexity index is 789. The number of amides is 1. The van der Waals surface area contributed by atoms with Crippen molar-refractivity contribution in [3.8, 4) is 0 Å². The number of ether oxygens (including phenoxy) is 1. The minimum absolute atomic E-state index is 0.0000270. The number of hydrogen-bond donors (Lipinski definition) is 1. The van der Waals surface area contributed by atoms with Crippen molar-refractivity contribution in [2.75, 3.05) is 11.9 Å². The molecule has 0 saturated carbocycles. The van der Waals surface area contributed by atoms with Gasteiger partial charge in [0, 0.05) is 11.9 Å². The van der Waals surface area contributed by atoms with Crippen LogP contribution in [-0.2, 0) is 9.53 Å². The molecule has 0 saturated heterocycles. The van der Waals surface area contributed by atoms with E-state index < -0.39 is 18.5 Å². The van der Waals surface area contributed by atoms with Crippen molar-refractivity contribution in [1.82, 2.24) is 4.98 Å². The number of nitrogens with one attached hydrogen (secondary N) is 1. The number of nitrogens with zero attached hydrogens (tertiary/aromatic N) is 1. The van der Waals surface area contributed by atoms with Crippen molar-refractivity contribution in [1.29, 1.82) is 0 Å². The van der Waals surface area contributed by atoms with Crippen LogP contribution in [0.2, 0.25) is 15.1 Å². The molecule has 1 heterocycles. The van der Waals surface area contributed by atoms with Crippen LogP contribution in [0.5, 0.6) is 0 Å². The number of aromatic nitrogens is 1. The van der Waals surface area contributed by atoms with E-state index >= 15 is 0 Å². The molecule has 0 bridgehead atoms. The van der Waals surface area contributed by atoms with Gasteiger partial charge in [-0.15, -0.1) is 0 Å². The summed E-state index contributed by atoms with van der Waals surface area (Å²) in [4.78, 5) is 27.6. The molecule has 2 aromatic rings. The highest BCUT2D eigenvalue weighted by molar-refractivity contribution is 6.48. The van der Waals surface area contributed by atoms with Crippen molar-refractivity contribution < 1.29 is 14.3 Å². The van der Waals surface area contributed by atoms with Crippen LogP contribution in [-0.4, -0.2) is 23.5 Å². The third-order valence-corrected chi connectivity index (χ3v) is 4.19. The van der Waals surface area contributed by atoms with E-state index in [-0.39, 0.29) is 20.8 Å². The van der Waals surface area contributed by atoms with Crippen LogP contribution in [0.4, 0.5) is 5.69 Å². The van der Waals surface area contributed by atoms with Gasteiger partial charge in [0.05, 0.1) is 15.1 Å². The summed E-state index contributed by atoms with van der Waals surface area (Å²) in [5, 5.41) is 2.64. The molecule has 0 aliphatic heterocycles. The molecule has 0 radical (unpaired) electrons. The molecule has 5 nitrogen and oxygen atoms in total. The lowest BCUT2D eigenvalue weighted by molar-refractivity contribution is -0.119. The first-order chi connectivity index (χ1) is 11.3. The molecular formula is C16H13Cl3N2O3. The lowest BCUT2D eigenvalue weighted by atomic mass is 10.1. The Balaban J connectivity index is 1.99. The molecule has 1 aromatic carbocycles. The van der Waals surface area contributed by atoms with Gasteiger partial charge in [0.15, 0.2) is 12.3 Å². The first-order valence-electron chi connectivity index (χ1n) is 6.82. The van der Waals surface area contributed by atoms with Gasteiger partial charge in [-0.1, -0.05) is 40.9 Å². The number of carbonyl (C=O) groups excluding carboxylic acids is 2. The largest absolute Gasteiger partial charge is 0.451 e. The normalized spacial score (nSPS) is 10.4. The van der Waals surface area contributed by atoms with Gasteiger partial charge in [0.25, 0.3) is 5.91 Å². The van der Waals surface area contributed by atoms with E-state index in [1.807, 2.05) is 32.0 Å². The Hall–Kier alpha value is -1.82. The number of anilines is 1. The zero-order chi connectivity index (χ0) is 17.9. The van der Waals surface area contributed by atoms with E-state index in [2.05, 4.69) is 10.3 Å². The van der Waals surface area contributed by atoms with Crippen LogP contribution in [0.25, 0.3) is 0 Å². The second kappa shape index (κ2) is 7.83. The Morgan fingerprint density at radius 3 is 2.33 bits per heavy atom. The van der Waals surface area contributed by atoms with Crippen LogP contribution >= 0.6 is 34.8 Å². The Morgan fingerprint density at radius 1 is 1.08 bits per heavy atom. The number of carbonyl (C=O) groups is 2. The summed E-state index contributed by atoms with van der Waals surface area (Å²) in [7, 11) is 0. The maximum absolute atomic E-state index is 11.9. The third kappa shape index (κ3) is 4.60. The minimum atomic E-state index is -0.867. The van der Waals surface area contributed by atoms with Crippen molar-refractivity contribution >= 4 is 52.4 Å². The Morgan fingerprint density at radius 2 is 1.71 bits per heavy atom. The van der Waals surface area contributed by atoms with Gasteiger partial charge in [0.1, 0.15) is 0 Å². The summed E-state index contributed by atoms with van der Waals surface area (Å²) >= 11 is 17.5. The lowest BCUT2D eigenvalue weighted by Gasteiger charge is -2.09. The molecule has 1 N–H and O–H groups in total. The maximum Gasteiger partial charge on any atom is 0.359 e. The molecule has 0 unspecified atom stereocenters. The topological polar surface area (TPSA) is 68.3 Å². The van der Waals surface area contributed by atoms with Crippen LogP contribution in [0.3, 0.4) is 0 Å². The first kappa shape index (κ1) is 18.5. The predicted octanol–water partition coefficient (Wildman–Crippen LogP) is 4.45. The number of aryl methyl sites for hydroxylation is 2. The fourth-order valence-electron chi connectivity index (χ4n) is 2.03. The number of halogens is 3. The van der Waals surface area contributed by atoms with Crippen molar-refractivity contribution in [2.45, 2.75) is 13.8 Å². The Kier molecular flexibility index (Phi) is 6.04. The number of benzene rings is 1. The van der Waals surface area contributed by atoms with Crippen molar-refractivity contribution in [3.05, 3.63) is 56.3 Å². The molecule has 0 fully saturated rings. The molecule has 1 amide bonds. The fourth-order valence-corrected chi connectivity index (χ4v) is 2.59. The number of hydrogen-bond acceptors (Lipinski definition) is 4. The van der Waals surface area contributed by atoms with E-state index in [4.69, 9.17) is 39.5 Å². The second-order valence-electron chi connectivity index (χ2n) is 5.08. The van der Waals surface area contributed by atoms with E-state index in [1.54, 1.807) is 0 Å². The molecule has 0 aliphatic carbocycles. The van der Waals surface area contributed by atoms with E-state index in [0.29, 0.717) is 5.69 Å². The first-order valence-corrected chi connectivity index (χ1v) is 7.96. The highest BCUT2D eigenvalue weighted by atomic mass is 35.5. The lowest BCUT2D eigenvalue weighted by Crippen LogP contribution is -2.21. The fraction of sp³-hybridized carbons (Fsp3) is 0.188. The molecule has 1 aromatic heterocycles. The molecule has 24 heavy (non-hydrogen) atoms. The smallest absolute Gasteiger partial charge is 0.359 e. The van der Waals surface area contributed by atoms with E-state index in [9.17, 15) is 9.59 Å². The quantitative estimate of drug-likeness (QED) is 0.787. The molecule has 126 valence electrons. The zero-order valence-electron chi connectivity index (χ0n) is 12.8. The van der Waals surface area contributed by atoms with E-state index in [1.165, 1.54) is 6.20 Å². The van der Waals surface area contributed by atoms with Crippen LogP contribution in [0.1, 0.15) is 21.6 Å². The van der Waals surface area contributed by atoms with Gasteiger partial charge < -0.3 is 10.1 Å². The van der Waals surface area contributed by atoms with Gasteiger partial charge in [-0.25, -0.2) is 9.78 Å². The summed E-state index contributed by atoms with van der Waals surface area (Å²) < 4.78 is 4.90. The highest BCUT2D eigenvalue weighted by Gasteiger charge is 2.19. The molecule has 8 heteroatoms. The third-order valence-electron chi connectivity index (χ3n) is 2.95. The molecule has 0 aliphatic rings. The summed E-state index contributed by atoms with van der Waals surface area (Å²) in [6, 6.07) is 5.60. The van der Waals surface area contributed by atoms with Gasteiger partial charge in [0.2, 0.25) is 0 Å². The number of pyridine rings is 1. The molecular weight excluding hydrogens is 375 g/mol. The summed E-state index contributed by atoms with van der Waals surface area (Å²) in [6.07, 6.45) is 1.18.